The third-order valence-electron chi connectivity index (χ3n) is 7.13. The largest absolute Gasteiger partial charge is 0.351 e. The molecule has 4 aliphatic rings. The van der Waals surface area contributed by atoms with E-state index in [1.807, 2.05) is 23.1 Å². The van der Waals surface area contributed by atoms with Crippen molar-refractivity contribution in [2.45, 2.75) is 38.1 Å². The normalized spacial score (nSPS) is 33.2. The zero-order chi connectivity index (χ0) is 17.7. The third kappa shape index (κ3) is 2.58. The van der Waals surface area contributed by atoms with Crippen molar-refractivity contribution in [1.82, 2.24) is 10.2 Å². The van der Waals surface area contributed by atoms with E-state index in [1.165, 1.54) is 18.4 Å². The van der Waals surface area contributed by atoms with Crippen molar-refractivity contribution in [2.75, 3.05) is 13.1 Å². The highest BCUT2D eigenvalue weighted by molar-refractivity contribution is 5.84. The number of likely N-dealkylation sites (tertiary alicyclic amines) is 1. The van der Waals surface area contributed by atoms with Crippen molar-refractivity contribution < 1.29 is 9.59 Å². The molecule has 136 valence electrons. The van der Waals surface area contributed by atoms with Crippen molar-refractivity contribution in [2.24, 2.45) is 23.2 Å². The quantitative estimate of drug-likeness (QED) is 0.830. The highest BCUT2D eigenvalue weighted by Crippen LogP contribution is 2.70. The second-order valence-electron chi connectivity index (χ2n) is 8.58. The molecule has 4 nitrogen and oxygen atoms in total. The molecule has 3 aliphatic carbocycles. The summed E-state index contributed by atoms with van der Waals surface area (Å²) in [6, 6.07) is 10.2. The molecular weight excluding hydrogens is 324 g/mol. The van der Waals surface area contributed by atoms with Gasteiger partial charge in [-0.1, -0.05) is 42.5 Å². The second kappa shape index (κ2) is 5.97. The van der Waals surface area contributed by atoms with E-state index in [-0.39, 0.29) is 23.8 Å². The Morgan fingerprint density at radius 2 is 2.00 bits per heavy atom. The summed E-state index contributed by atoms with van der Waals surface area (Å²) in [4.78, 5) is 27.0. The van der Waals surface area contributed by atoms with Crippen LogP contribution in [0.2, 0.25) is 0 Å². The Bertz CT molecular complexity index is 753. The molecule has 1 heterocycles. The van der Waals surface area contributed by atoms with Gasteiger partial charge in [0.2, 0.25) is 11.8 Å². The van der Waals surface area contributed by atoms with Gasteiger partial charge in [0.1, 0.15) is 0 Å². The smallest absolute Gasteiger partial charge is 0.224 e. The lowest BCUT2D eigenvalue weighted by Crippen LogP contribution is -2.42. The number of hydrogen-bond donors (Lipinski definition) is 1. The molecule has 1 aliphatic heterocycles. The molecule has 1 spiro atoms. The van der Waals surface area contributed by atoms with Crippen molar-refractivity contribution >= 4 is 11.8 Å². The van der Waals surface area contributed by atoms with Gasteiger partial charge >= 0.3 is 0 Å². The molecule has 1 N–H and O–H groups in total. The summed E-state index contributed by atoms with van der Waals surface area (Å²) in [6.45, 7) is 1.38. The van der Waals surface area contributed by atoms with Crippen LogP contribution in [-0.4, -0.2) is 35.8 Å². The number of nitrogens with zero attached hydrogens (tertiary/aromatic N) is 1. The zero-order valence-electron chi connectivity index (χ0n) is 15.1. The van der Waals surface area contributed by atoms with Gasteiger partial charge in [0.05, 0.1) is 6.04 Å². The summed E-state index contributed by atoms with van der Waals surface area (Å²) in [5.74, 6) is 1.53. The van der Waals surface area contributed by atoms with Gasteiger partial charge in [-0.25, -0.2) is 0 Å². The number of amides is 2. The first-order valence-corrected chi connectivity index (χ1v) is 9.96. The van der Waals surface area contributed by atoms with Crippen LogP contribution in [0.25, 0.3) is 0 Å². The Morgan fingerprint density at radius 3 is 2.73 bits per heavy atom. The molecule has 2 saturated carbocycles. The van der Waals surface area contributed by atoms with Gasteiger partial charge in [-0.15, -0.1) is 0 Å². The van der Waals surface area contributed by atoms with Gasteiger partial charge in [-0.2, -0.15) is 0 Å². The van der Waals surface area contributed by atoms with Gasteiger partial charge in [0.25, 0.3) is 0 Å². The van der Waals surface area contributed by atoms with Crippen LogP contribution >= 0.6 is 0 Å². The van der Waals surface area contributed by atoms with E-state index < -0.39 is 0 Å². The van der Waals surface area contributed by atoms with E-state index in [4.69, 9.17) is 0 Å². The Balaban J connectivity index is 1.15. The van der Waals surface area contributed by atoms with E-state index in [2.05, 4.69) is 29.6 Å². The van der Waals surface area contributed by atoms with Crippen LogP contribution < -0.4 is 5.32 Å². The molecule has 26 heavy (non-hydrogen) atoms. The van der Waals surface area contributed by atoms with Crippen LogP contribution in [0.5, 0.6) is 0 Å². The summed E-state index contributed by atoms with van der Waals surface area (Å²) in [5.41, 5.74) is 1.69. The number of benzene rings is 1. The van der Waals surface area contributed by atoms with Crippen molar-refractivity contribution in [1.29, 1.82) is 0 Å². The topological polar surface area (TPSA) is 49.4 Å². The minimum absolute atomic E-state index is 0.0240. The first-order chi connectivity index (χ1) is 12.7. The Labute approximate surface area is 154 Å². The van der Waals surface area contributed by atoms with Crippen LogP contribution in [0.4, 0.5) is 0 Å². The minimum atomic E-state index is -0.0240. The molecule has 2 amide bonds. The van der Waals surface area contributed by atoms with Gasteiger partial charge < -0.3 is 10.2 Å². The van der Waals surface area contributed by atoms with E-state index >= 15 is 0 Å². The van der Waals surface area contributed by atoms with Gasteiger partial charge in [-0.3, -0.25) is 9.59 Å². The van der Waals surface area contributed by atoms with Crippen LogP contribution in [0.3, 0.4) is 0 Å². The van der Waals surface area contributed by atoms with Crippen molar-refractivity contribution in [3.8, 4) is 0 Å². The molecule has 3 fully saturated rings. The SMILES string of the molecule is O=C(N[C@H]1CC(=O)N(CCc2ccccc2)C1)[C@@H]1C[C@H]2C=C[C@H]1C21CC1. The molecule has 1 aromatic carbocycles. The van der Waals surface area contributed by atoms with Crippen molar-refractivity contribution in [3.63, 3.8) is 0 Å². The highest BCUT2D eigenvalue weighted by Gasteiger charge is 2.64. The number of allylic oxidation sites excluding steroid dienone is 2. The number of rotatable bonds is 5. The number of carbonyl (C=O) groups is 2. The molecule has 1 aromatic rings. The van der Waals surface area contributed by atoms with Gasteiger partial charge in [0, 0.05) is 25.4 Å². The summed E-state index contributed by atoms with van der Waals surface area (Å²) in [5, 5.41) is 3.19. The van der Waals surface area contributed by atoms with Gasteiger partial charge in [0.15, 0.2) is 0 Å². The lowest BCUT2D eigenvalue weighted by Gasteiger charge is -2.22. The number of carbonyl (C=O) groups excluding carboxylic acids is 2. The number of hydrogen-bond acceptors (Lipinski definition) is 2. The second-order valence-corrected chi connectivity index (χ2v) is 8.58. The molecule has 1 saturated heterocycles. The highest BCUT2D eigenvalue weighted by atomic mass is 16.2. The molecular formula is C22H26N2O2. The maximum absolute atomic E-state index is 12.8. The minimum Gasteiger partial charge on any atom is -0.351 e. The molecule has 0 radical (unpaired) electrons. The fraction of sp³-hybridized carbons (Fsp3) is 0.545. The summed E-state index contributed by atoms with van der Waals surface area (Å²) >= 11 is 0. The maximum atomic E-state index is 12.8. The molecule has 0 aromatic heterocycles. The van der Waals surface area contributed by atoms with E-state index in [1.54, 1.807) is 0 Å². The fourth-order valence-electron chi connectivity index (χ4n) is 5.57. The predicted molar refractivity (Wildman–Crippen MR) is 99.2 cm³/mol. The Kier molecular flexibility index (Phi) is 3.70. The van der Waals surface area contributed by atoms with E-state index in [0.717, 1.165) is 19.4 Å². The zero-order valence-corrected chi connectivity index (χ0v) is 15.1. The lowest BCUT2D eigenvalue weighted by molar-refractivity contribution is -0.127. The Morgan fingerprint density at radius 1 is 1.19 bits per heavy atom. The summed E-state index contributed by atoms with van der Waals surface area (Å²) in [7, 11) is 0. The first kappa shape index (κ1) is 16.1. The molecule has 4 heteroatoms. The third-order valence-corrected chi connectivity index (χ3v) is 7.13. The van der Waals surface area contributed by atoms with Crippen LogP contribution in [0.15, 0.2) is 42.5 Å². The first-order valence-electron chi connectivity index (χ1n) is 9.96. The predicted octanol–water partition coefficient (Wildman–Crippen LogP) is 2.55. The van der Waals surface area contributed by atoms with Crippen LogP contribution in [-0.2, 0) is 16.0 Å². The van der Waals surface area contributed by atoms with Crippen LogP contribution in [0.1, 0.15) is 31.2 Å². The fourth-order valence-corrected chi connectivity index (χ4v) is 5.57. The average molecular weight is 350 g/mol. The molecule has 2 bridgehead atoms. The number of nitrogens with one attached hydrogen (secondary N) is 1. The average Bonchev–Trinajstić information content (AvgIpc) is 3.19. The van der Waals surface area contributed by atoms with Crippen LogP contribution in [0, 0.1) is 23.2 Å². The van der Waals surface area contributed by atoms with E-state index in [0.29, 0.717) is 30.2 Å². The van der Waals surface area contributed by atoms with E-state index in [9.17, 15) is 9.59 Å². The summed E-state index contributed by atoms with van der Waals surface area (Å²) < 4.78 is 0. The molecule has 4 atom stereocenters. The monoisotopic (exact) mass is 350 g/mol. The van der Waals surface area contributed by atoms with Gasteiger partial charge in [-0.05, 0) is 48.5 Å². The maximum Gasteiger partial charge on any atom is 0.224 e. The summed E-state index contributed by atoms with van der Waals surface area (Å²) in [6.07, 6.45) is 9.52. The lowest BCUT2D eigenvalue weighted by atomic mass is 9.88. The standard InChI is InChI=1S/C22H26N2O2/c25-20-13-17(14-24(20)11-8-15-4-2-1-3-5-15)23-21(26)18-12-16-6-7-19(18)22(16)9-10-22/h1-7,16-19H,8-14H2,(H,23,26)/t16-,17+,18-,19-/m1/s1. The van der Waals surface area contributed by atoms with Crippen molar-refractivity contribution in [3.05, 3.63) is 48.0 Å². The molecule has 0 unspecified atom stereocenters. The molecule has 5 rings (SSSR count). The Hall–Kier alpha value is -2.10.